The van der Waals surface area contributed by atoms with Crippen molar-refractivity contribution in [2.75, 3.05) is 26.2 Å². The molecule has 1 aromatic carbocycles. The number of rotatable bonds is 8. The topological polar surface area (TPSA) is 109 Å². The van der Waals surface area contributed by atoms with Gasteiger partial charge in [0, 0.05) is 37.3 Å². The smallest absolute Gasteiger partial charge is 0.314 e. The molecule has 29 heavy (non-hydrogen) atoms. The van der Waals surface area contributed by atoms with Crippen LogP contribution in [0.4, 0.5) is 4.79 Å². The highest BCUT2D eigenvalue weighted by molar-refractivity contribution is 5.72. The van der Waals surface area contributed by atoms with Crippen molar-refractivity contribution in [1.29, 1.82) is 5.26 Å². The molecule has 1 aromatic rings. The highest BCUT2D eigenvalue weighted by atomic mass is 16.5. The van der Waals surface area contributed by atoms with E-state index in [1.165, 1.54) is 12.8 Å². The first kappa shape index (κ1) is 20.0. The van der Waals surface area contributed by atoms with E-state index in [1.54, 1.807) is 12.1 Å². The van der Waals surface area contributed by atoms with Crippen LogP contribution in [0.25, 0.3) is 0 Å². The fraction of sp³-hybridized carbons (Fsp3) is 0.636. The summed E-state index contributed by atoms with van der Waals surface area (Å²) in [5, 5.41) is 8.87. The first-order valence-electron chi connectivity index (χ1n) is 10.7. The van der Waals surface area contributed by atoms with Gasteiger partial charge in [-0.3, -0.25) is 4.90 Å². The van der Waals surface area contributed by atoms with Crippen LogP contribution in [0.1, 0.15) is 44.1 Å². The number of carbonyl (C=O) groups is 1. The number of hydrogen-bond donors (Lipinski definition) is 2. The summed E-state index contributed by atoms with van der Waals surface area (Å²) in [6.07, 6.45) is 6.78. The Morgan fingerprint density at radius 3 is 2.72 bits per heavy atom. The first-order valence-corrected chi connectivity index (χ1v) is 10.7. The van der Waals surface area contributed by atoms with Gasteiger partial charge in [0.25, 0.3) is 0 Å². The molecule has 2 amide bonds. The predicted molar refractivity (Wildman–Crippen MR) is 110 cm³/mol. The van der Waals surface area contributed by atoms with Gasteiger partial charge in [0.2, 0.25) is 0 Å². The molecule has 3 atom stereocenters. The fourth-order valence-electron chi connectivity index (χ4n) is 5.11. The number of benzene rings is 1. The van der Waals surface area contributed by atoms with Gasteiger partial charge in [0.1, 0.15) is 5.75 Å². The maximum absolute atomic E-state index is 11.8. The fourth-order valence-corrected chi connectivity index (χ4v) is 5.11. The molecule has 156 valence electrons. The second kappa shape index (κ2) is 8.21. The summed E-state index contributed by atoms with van der Waals surface area (Å²) in [5.41, 5.74) is 12.8. The number of nitrogens with zero attached hydrogens (tertiary/aromatic N) is 3. The molecule has 2 aliphatic heterocycles. The average molecular weight is 398 g/mol. The molecule has 1 saturated carbocycles. The third-order valence-corrected chi connectivity index (χ3v) is 6.76. The van der Waals surface area contributed by atoms with Crippen molar-refractivity contribution in [2.45, 2.75) is 56.1 Å². The molecule has 3 fully saturated rings. The van der Waals surface area contributed by atoms with E-state index < -0.39 is 0 Å². The maximum Gasteiger partial charge on any atom is 0.314 e. The van der Waals surface area contributed by atoms with Crippen LogP contribution in [0, 0.1) is 17.2 Å². The number of primary amides is 1. The van der Waals surface area contributed by atoms with Crippen LogP contribution in [-0.2, 0) is 0 Å². The lowest BCUT2D eigenvalue weighted by Crippen LogP contribution is -2.65. The summed E-state index contributed by atoms with van der Waals surface area (Å²) in [7, 11) is 0. The third kappa shape index (κ3) is 4.49. The Bertz CT molecular complexity index is 772. The molecule has 4 N–H and O–H groups in total. The van der Waals surface area contributed by atoms with E-state index in [4.69, 9.17) is 21.5 Å². The second-order valence-electron chi connectivity index (χ2n) is 8.97. The zero-order valence-electron chi connectivity index (χ0n) is 16.9. The van der Waals surface area contributed by atoms with Gasteiger partial charge < -0.3 is 21.1 Å². The summed E-state index contributed by atoms with van der Waals surface area (Å²) in [6.45, 7) is 2.84. The normalized spacial score (nSPS) is 27.4. The number of amides is 2. The van der Waals surface area contributed by atoms with Crippen LogP contribution in [0.3, 0.4) is 0 Å². The number of fused-ring (bicyclic) bond motifs is 2. The number of likely N-dealkylation sites (tertiary alicyclic amines) is 1. The van der Waals surface area contributed by atoms with Crippen LogP contribution in [0.5, 0.6) is 5.75 Å². The Kier molecular flexibility index (Phi) is 5.66. The Morgan fingerprint density at radius 2 is 2.07 bits per heavy atom. The molecular weight excluding hydrogens is 366 g/mol. The van der Waals surface area contributed by atoms with Crippen molar-refractivity contribution >= 4 is 6.03 Å². The molecule has 0 radical (unpaired) electrons. The minimum absolute atomic E-state index is 0.0210. The lowest BCUT2D eigenvalue weighted by molar-refractivity contribution is 0.00357. The molecular formula is C22H31N5O2. The second-order valence-corrected chi connectivity index (χ2v) is 8.97. The monoisotopic (exact) mass is 397 g/mol. The minimum atomic E-state index is -0.295. The summed E-state index contributed by atoms with van der Waals surface area (Å²) in [5.74, 6) is 1.55. The third-order valence-electron chi connectivity index (χ3n) is 6.76. The van der Waals surface area contributed by atoms with Gasteiger partial charge in [-0.2, -0.15) is 5.26 Å². The van der Waals surface area contributed by atoms with Gasteiger partial charge in [-0.1, -0.05) is 12.8 Å². The largest absolute Gasteiger partial charge is 0.494 e. The van der Waals surface area contributed by atoms with Crippen LogP contribution < -0.4 is 16.2 Å². The number of hydrogen-bond acceptors (Lipinski definition) is 5. The molecule has 2 heterocycles. The maximum atomic E-state index is 11.8. The SMILES string of the molecule is N#Cc1ccc(OCCC(N)CN2C3CCC2(CC2CC2)CN(C(N)=O)C3)cc1. The zero-order valence-corrected chi connectivity index (χ0v) is 16.9. The number of nitriles is 1. The Labute approximate surface area is 172 Å². The van der Waals surface area contributed by atoms with Crippen molar-refractivity contribution < 1.29 is 9.53 Å². The van der Waals surface area contributed by atoms with E-state index >= 15 is 0 Å². The molecule has 3 aliphatic rings. The molecule has 1 aliphatic carbocycles. The molecule has 4 rings (SSSR count). The van der Waals surface area contributed by atoms with Crippen molar-refractivity contribution in [3.05, 3.63) is 29.8 Å². The molecule has 0 aromatic heterocycles. The lowest BCUT2D eigenvalue weighted by atomic mass is 9.87. The minimum Gasteiger partial charge on any atom is -0.494 e. The molecule has 7 heteroatoms. The van der Waals surface area contributed by atoms with Crippen LogP contribution in [0.15, 0.2) is 24.3 Å². The van der Waals surface area contributed by atoms with Crippen molar-refractivity contribution in [1.82, 2.24) is 9.80 Å². The van der Waals surface area contributed by atoms with Gasteiger partial charge in [0.15, 0.2) is 0 Å². The highest BCUT2D eigenvalue weighted by Gasteiger charge is 2.53. The Morgan fingerprint density at radius 1 is 1.31 bits per heavy atom. The standard InChI is InChI=1S/C22H31N5O2/c23-12-17-3-5-20(6-4-17)29-10-8-18(24)13-27-19-7-9-22(27,11-16-1-2-16)15-26(14-19)21(25)28/h3-6,16,18-19H,1-2,7-11,13-15,24H2,(H2,25,28). The number of nitrogens with two attached hydrogens (primary N) is 2. The van der Waals surface area contributed by atoms with Gasteiger partial charge in [0.05, 0.1) is 18.2 Å². The molecule has 7 nitrogen and oxygen atoms in total. The molecule has 2 bridgehead atoms. The van der Waals surface area contributed by atoms with Crippen LogP contribution in [-0.4, -0.2) is 59.7 Å². The summed E-state index contributed by atoms with van der Waals surface area (Å²) in [6, 6.07) is 9.34. The summed E-state index contributed by atoms with van der Waals surface area (Å²) >= 11 is 0. The number of carbonyl (C=O) groups excluding carboxylic acids is 1. The highest BCUT2D eigenvalue weighted by Crippen LogP contribution is 2.47. The van der Waals surface area contributed by atoms with Gasteiger partial charge >= 0.3 is 6.03 Å². The summed E-state index contributed by atoms with van der Waals surface area (Å²) < 4.78 is 5.81. The van der Waals surface area contributed by atoms with E-state index in [2.05, 4.69) is 11.0 Å². The van der Waals surface area contributed by atoms with Gasteiger partial charge in [-0.15, -0.1) is 0 Å². The van der Waals surface area contributed by atoms with E-state index in [-0.39, 0.29) is 17.6 Å². The van der Waals surface area contributed by atoms with E-state index in [1.807, 2.05) is 17.0 Å². The molecule has 0 spiro atoms. The van der Waals surface area contributed by atoms with E-state index in [0.29, 0.717) is 18.2 Å². The predicted octanol–water partition coefficient (Wildman–Crippen LogP) is 2.05. The first-order chi connectivity index (χ1) is 14.0. The van der Waals surface area contributed by atoms with Gasteiger partial charge in [-0.25, -0.2) is 4.79 Å². The Balaban J connectivity index is 1.33. The zero-order chi connectivity index (χ0) is 20.4. The molecule has 3 unspecified atom stereocenters. The van der Waals surface area contributed by atoms with E-state index in [0.717, 1.165) is 57.0 Å². The average Bonchev–Trinajstić information content (AvgIpc) is 3.49. The van der Waals surface area contributed by atoms with Crippen molar-refractivity contribution in [3.8, 4) is 11.8 Å². The van der Waals surface area contributed by atoms with Gasteiger partial charge in [-0.05, 0) is 55.9 Å². The lowest BCUT2D eigenvalue weighted by Gasteiger charge is -2.50. The molecule has 2 saturated heterocycles. The number of ether oxygens (including phenoxy) is 1. The van der Waals surface area contributed by atoms with Crippen LogP contribution in [0.2, 0.25) is 0 Å². The van der Waals surface area contributed by atoms with E-state index in [9.17, 15) is 4.79 Å². The quantitative estimate of drug-likeness (QED) is 0.698. The Hall–Kier alpha value is -2.30. The summed E-state index contributed by atoms with van der Waals surface area (Å²) in [4.78, 5) is 16.3. The number of urea groups is 1. The van der Waals surface area contributed by atoms with Crippen molar-refractivity contribution in [2.24, 2.45) is 17.4 Å². The van der Waals surface area contributed by atoms with Crippen LogP contribution >= 0.6 is 0 Å². The van der Waals surface area contributed by atoms with Crippen molar-refractivity contribution in [3.63, 3.8) is 0 Å². The number of piperazine rings is 1.